The number of nitrogens with zero attached hydrogens (tertiary/aromatic N) is 2. The smallest absolute Gasteiger partial charge is 0.230 e. The van der Waals surface area contributed by atoms with Crippen molar-refractivity contribution in [3.05, 3.63) is 35.0 Å². The molecule has 2 aromatic rings. The maximum absolute atomic E-state index is 12.6. The van der Waals surface area contributed by atoms with E-state index in [1.54, 1.807) is 12.1 Å². The summed E-state index contributed by atoms with van der Waals surface area (Å²) in [6.45, 7) is 5.39. The third kappa shape index (κ3) is 4.44. The predicted octanol–water partition coefficient (Wildman–Crippen LogP) is 1.71. The Labute approximate surface area is 175 Å². The molecule has 0 saturated heterocycles. The fourth-order valence-corrected chi connectivity index (χ4v) is 5.45. The van der Waals surface area contributed by atoms with Gasteiger partial charge in [0, 0.05) is 30.8 Å². The number of hydrogen-bond acceptors (Lipinski definition) is 6. The molecule has 1 aromatic carbocycles. The number of anilines is 1. The number of sulfonamides is 1. The van der Waals surface area contributed by atoms with Crippen LogP contribution in [0.15, 0.2) is 18.2 Å². The van der Waals surface area contributed by atoms with E-state index in [1.165, 1.54) is 4.31 Å². The molecule has 30 heavy (non-hydrogen) atoms. The number of amides is 1. The molecule has 162 valence electrons. The van der Waals surface area contributed by atoms with Crippen molar-refractivity contribution in [2.75, 3.05) is 30.8 Å². The van der Waals surface area contributed by atoms with Crippen molar-refractivity contribution in [3.8, 4) is 11.5 Å². The molecule has 9 nitrogen and oxygen atoms in total. The minimum atomic E-state index is -3.35. The molecule has 2 aliphatic heterocycles. The van der Waals surface area contributed by atoms with Crippen LogP contribution in [0, 0.1) is 5.92 Å². The number of rotatable bonds is 6. The zero-order chi connectivity index (χ0) is 21.3. The zero-order valence-electron chi connectivity index (χ0n) is 17.1. The molecule has 0 fully saturated rings. The van der Waals surface area contributed by atoms with E-state index in [1.807, 2.05) is 19.9 Å². The summed E-state index contributed by atoms with van der Waals surface area (Å²) >= 11 is 0. The van der Waals surface area contributed by atoms with Crippen LogP contribution in [-0.2, 0) is 34.2 Å². The number of ether oxygens (including phenoxy) is 2. The van der Waals surface area contributed by atoms with Crippen LogP contribution in [0.2, 0.25) is 0 Å². The first-order chi connectivity index (χ1) is 14.3. The first-order valence-electron chi connectivity index (χ1n) is 10.0. The van der Waals surface area contributed by atoms with Gasteiger partial charge in [0.15, 0.2) is 17.3 Å². The normalized spacial score (nSPS) is 16.4. The highest BCUT2D eigenvalue weighted by atomic mass is 32.2. The van der Waals surface area contributed by atoms with Crippen molar-refractivity contribution in [2.24, 2.45) is 5.92 Å². The number of fused-ring (bicyclic) bond motifs is 2. The van der Waals surface area contributed by atoms with Crippen LogP contribution in [0.1, 0.15) is 30.7 Å². The van der Waals surface area contributed by atoms with Gasteiger partial charge >= 0.3 is 0 Å². The lowest BCUT2D eigenvalue weighted by Gasteiger charge is -2.27. The van der Waals surface area contributed by atoms with Gasteiger partial charge in [-0.2, -0.15) is 9.40 Å². The lowest BCUT2D eigenvalue weighted by molar-refractivity contribution is -0.115. The molecule has 4 rings (SSSR count). The van der Waals surface area contributed by atoms with Gasteiger partial charge in [-0.15, -0.1) is 0 Å². The molecule has 0 radical (unpaired) electrons. The van der Waals surface area contributed by atoms with E-state index in [2.05, 4.69) is 15.5 Å². The van der Waals surface area contributed by atoms with Crippen molar-refractivity contribution in [1.29, 1.82) is 0 Å². The quantitative estimate of drug-likeness (QED) is 0.716. The second-order valence-electron chi connectivity index (χ2n) is 7.99. The Morgan fingerprint density at radius 3 is 2.80 bits per heavy atom. The summed E-state index contributed by atoms with van der Waals surface area (Å²) < 4.78 is 37.7. The molecule has 0 aliphatic carbocycles. The van der Waals surface area contributed by atoms with Gasteiger partial charge in [0.05, 0.1) is 12.2 Å². The molecule has 0 atom stereocenters. The van der Waals surface area contributed by atoms with Gasteiger partial charge in [-0.25, -0.2) is 8.42 Å². The van der Waals surface area contributed by atoms with Gasteiger partial charge in [-0.05, 0) is 23.6 Å². The van der Waals surface area contributed by atoms with E-state index >= 15 is 0 Å². The number of nitrogens with one attached hydrogen (secondary N) is 2. The molecular formula is C20H26N4O5S. The molecule has 0 unspecified atom stereocenters. The Morgan fingerprint density at radius 1 is 1.27 bits per heavy atom. The van der Waals surface area contributed by atoms with Crippen LogP contribution < -0.4 is 14.8 Å². The Bertz CT molecular complexity index is 1050. The monoisotopic (exact) mass is 434 g/mol. The largest absolute Gasteiger partial charge is 0.486 e. The van der Waals surface area contributed by atoms with E-state index in [0.717, 1.165) is 16.8 Å². The van der Waals surface area contributed by atoms with Gasteiger partial charge in [-0.1, -0.05) is 19.9 Å². The SMILES string of the molecule is CC(C)CS(=O)(=O)N1CCc2[nH]nc(NC(=O)Cc3ccc4c(c3)OCCO4)c2C1. The third-order valence-electron chi connectivity index (χ3n) is 5.06. The summed E-state index contributed by atoms with van der Waals surface area (Å²) in [4.78, 5) is 12.6. The molecule has 0 saturated carbocycles. The second-order valence-corrected chi connectivity index (χ2v) is 10.0. The molecule has 2 N–H and O–H groups in total. The first-order valence-corrected chi connectivity index (χ1v) is 11.6. The summed E-state index contributed by atoms with van der Waals surface area (Å²) in [5.74, 6) is 1.61. The van der Waals surface area contributed by atoms with E-state index < -0.39 is 10.0 Å². The number of carbonyl (C=O) groups is 1. The van der Waals surface area contributed by atoms with Gasteiger partial charge in [0.25, 0.3) is 0 Å². The fraction of sp³-hybridized carbons (Fsp3) is 0.500. The molecule has 2 aliphatic rings. The average molecular weight is 435 g/mol. The van der Waals surface area contributed by atoms with E-state index in [4.69, 9.17) is 9.47 Å². The molecular weight excluding hydrogens is 408 g/mol. The third-order valence-corrected chi connectivity index (χ3v) is 7.25. The van der Waals surface area contributed by atoms with Crippen LogP contribution in [0.5, 0.6) is 11.5 Å². The Balaban J connectivity index is 1.44. The summed E-state index contributed by atoms with van der Waals surface area (Å²) in [6, 6.07) is 5.42. The molecule has 0 bridgehead atoms. The Kier molecular flexibility index (Phi) is 5.70. The predicted molar refractivity (Wildman–Crippen MR) is 111 cm³/mol. The van der Waals surface area contributed by atoms with E-state index in [-0.39, 0.29) is 30.5 Å². The van der Waals surface area contributed by atoms with Gasteiger partial charge in [0.1, 0.15) is 13.2 Å². The number of H-pyrrole nitrogens is 1. The van der Waals surface area contributed by atoms with Crippen LogP contribution in [-0.4, -0.2) is 54.3 Å². The van der Waals surface area contributed by atoms with E-state index in [0.29, 0.717) is 43.5 Å². The van der Waals surface area contributed by atoms with Crippen LogP contribution >= 0.6 is 0 Å². The van der Waals surface area contributed by atoms with Gasteiger partial charge in [0.2, 0.25) is 15.9 Å². The van der Waals surface area contributed by atoms with Crippen molar-refractivity contribution in [3.63, 3.8) is 0 Å². The van der Waals surface area contributed by atoms with E-state index in [9.17, 15) is 13.2 Å². The summed E-state index contributed by atoms with van der Waals surface area (Å²) in [5, 5.41) is 9.95. The lowest BCUT2D eigenvalue weighted by atomic mass is 10.1. The van der Waals surface area contributed by atoms with Crippen LogP contribution in [0.4, 0.5) is 5.82 Å². The van der Waals surface area contributed by atoms with Gasteiger partial charge in [-0.3, -0.25) is 9.89 Å². The maximum Gasteiger partial charge on any atom is 0.230 e. The Morgan fingerprint density at radius 2 is 2.03 bits per heavy atom. The Hall–Kier alpha value is -2.59. The molecule has 0 spiro atoms. The van der Waals surface area contributed by atoms with Crippen molar-refractivity contribution >= 4 is 21.7 Å². The summed E-state index contributed by atoms with van der Waals surface area (Å²) in [6.07, 6.45) is 0.686. The molecule has 10 heteroatoms. The van der Waals surface area contributed by atoms with Gasteiger partial charge < -0.3 is 14.8 Å². The summed E-state index contributed by atoms with van der Waals surface area (Å²) in [7, 11) is -3.35. The van der Waals surface area contributed by atoms with Crippen molar-refractivity contribution in [1.82, 2.24) is 14.5 Å². The average Bonchev–Trinajstić information content (AvgIpc) is 3.09. The first kappa shape index (κ1) is 20.7. The lowest BCUT2D eigenvalue weighted by Crippen LogP contribution is -2.38. The van der Waals surface area contributed by atoms with Crippen LogP contribution in [0.3, 0.4) is 0 Å². The van der Waals surface area contributed by atoms with Crippen LogP contribution in [0.25, 0.3) is 0 Å². The topological polar surface area (TPSA) is 114 Å². The number of hydrogen-bond donors (Lipinski definition) is 2. The molecule has 1 aromatic heterocycles. The standard InChI is InChI=1S/C20H26N4O5S/c1-13(2)12-30(26,27)24-6-5-16-15(11-24)20(23-22-16)21-19(25)10-14-3-4-17-18(9-14)29-8-7-28-17/h3-4,9,13H,5-8,10-12H2,1-2H3,(H2,21,22,23,25). The fourth-order valence-electron chi connectivity index (χ4n) is 3.70. The number of benzene rings is 1. The number of aromatic nitrogens is 2. The maximum atomic E-state index is 12.6. The highest BCUT2D eigenvalue weighted by Crippen LogP contribution is 2.31. The minimum absolute atomic E-state index is 0.0471. The summed E-state index contributed by atoms with van der Waals surface area (Å²) in [5.41, 5.74) is 2.38. The number of carbonyl (C=O) groups excluding carboxylic acids is 1. The second kappa shape index (κ2) is 8.27. The minimum Gasteiger partial charge on any atom is -0.486 e. The van der Waals surface area contributed by atoms with Crippen molar-refractivity contribution in [2.45, 2.75) is 33.2 Å². The number of aromatic amines is 1. The zero-order valence-corrected chi connectivity index (χ0v) is 17.9. The molecule has 1 amide bonds. The highest BCUT2D eigenvalue weighted by Gasteiger charge is 2.30. The molecule has 3 heterocycles. The van der Waals surface area contributed by atoms with Crippen molar-refractivity contribution < 1.29 is 22.7 Å². The highest BCUT2D eigenvalue weighted by molar-refractivity contribution is 7.89.